The first-order valence-electron chi connectivity index (χ1n) is 10.1. The van der Waals surface area contributed by atoms with Crippen molar-refractivity contribution in [2.24, 2.45) is 0 Å². The Kier molecular flexibility index (Phi) is 7.78. The number of hydrogen-bond donors (Lipinski definition) is 1. The van der Waals surface area contributed by atoms with Gasteiger partial charge in [-0.15, -0.1) is 0 Å². The van der Waals surface area contributed by atoms with Crippen LogP contribution in [0.5, 0.6) is 17.2 Å². The molecule has 8 nitrogen and oxygen atoms in total. The van der Waals surface area contributed by atoms with E-state index in [4.69, 9.17) is 14.2 Å². The highest BCUT2D eigenvalue weighted by molar-refractivity contribution is 7.92. The molecule has 0 aliphatic rings. The predicted molar refractivity (Wildman–Crippen MR) is 125 cm³/mol. The minimum absolute atomic E-state index is 0.0264. The molecule has 0 bridgehead atoms. The molecular formula is C24H26N2O6S. The highest BCUT2D eigenvalue weighted by Gasteiger charge is 2.28. The lowest BCUT2D eigenvalue weighted by atomic mass is 10.2. The third-order valence-electron chi connectivity index (χ3n) is 4.94. The highest BCUT2D eigenvalue weighted by Crippen LogP contribution is 2.32. The molecule has 0 saturated carbocycles. The second kappa shape index (κ2) is 10.7. The van der Waals surface area contributed by atoms with Crippen molar-refractivity contribution in [2.45, 2.75) is 11.4 Å². The Morgan fingerprint density at radius 1 is 0.818 bits per heavy atom. The van der Waals surface area contributed by atoms with E-state index < -0.39 is 22.5 Å². The van der Waals surface area contributed by atoms with E-state index >= 15 is 0 Å². The molecule has 1 N–H and O–H groups in total. The van der Waals surface area contributed by atoms with Crippen molar-refractivity contribution in [1.82, 2.24) is 5.32 Å². The van der Waals surface area contributed by atoms with Crippen molar-refractivity contribution in [2.75, 3.05) is 32.2 Å². The molecule has 9 heteroatoms. The van der Waals surface area contributed by atoms with Gasteiger partial charge in [0.1, 0.15) is 12.3 Å². The number of ether oxygens (including phenoxy) is 3. The van der Waals surface area contributed by atoms with Crippen LogP contribution in [-0.2, 0) is 21.4 Å². The van der Waals surface area contributed by atoms with Crippen LogP contribution in [0.15, 0.2) is 77.7 Å². The van der Waals surface area contributed by atoms with Crippen LogP contribution in [-0.4, -0.2) is 42.2 Å². The Balaban J connectivity index is 1.88. The Bertz CT molecular complexity index is 1200. The normalized spacial score (nSPS) is 10.9. The number of benzene rings is 3. The summed E-state index contributed by atoms with van der Waals surface area (Å²) in [5, 5.41) is 2.77. The van der Waals surface area contributed by atoms with Crippen LogP contribution in [0, 0.1) is 0 Å². The fourth-order valence-corrected chi connectivity index (χ4v) is 4.68. The number of nitrogens with zero attached hydrogens (tertiary/aromatic N) is 1. The van der Waals surface area contributed by atoms with Crippen LogP contribution in [0.2, 0.25) is 0 Å². The number of anilines is 1. The Morgan fingerprint density at radius 3 is 2.12 bits per heavy atom. The molecule has 0 unspecified atom stereocenters. The summed E-state index contributed by atoms with van der Waals surface area (Å²) in [6, 6.07) is 20.0. The van der Waals surface area contributed by atoms with Gasteiger partial charge in [-0.05, 0) is 30.3 Å². The zero-order valence-electron chi connectivity index (χ0n) is 18.6. The second-order valence-electron chi connectivity index (χ2n) is 6.95. The molecule has 1 amide bonds. The van der Waals surface area contributed by atoms with E-state index in [0.29, 0.717) is 17.2 Å². The van der Waals surface area contributed by atoms with Crippen LogP contribution in [0.4, 0.5) is 5.69 Å². The fourth-order valence-electron chi connectivity index (χ4n) is 3.24. The first kappa shape index (κ1) is 23.9. The lowest BCUT2D eigenvalue weighted by molar-refractivity contribution is -0.119. The van der Waals surface area contributed by atoms with E-state index in [0.717, 1.165) is 9.87 Å². The maximum absolute atomic E-state index is 13.5. The van der Waals surface area contributed by atoms with Crippen molar-refractivity contribution in [3.05, 3.63) is 78.4 Å². The van der Waals surface area contributed by atoms with Gasteiger partial charge in [0, 0.05) is 18.2 Å². The number of methoxy groups -OCH3 is 3. The summed E-state index contributed by atoms with van der Waals surface area (Å²) in [4.78, 5) is 12.8. The molecule has 0 radical (unpaired) electrons. The van der Waals surface area contributed by atoms with E-state index in [9.17, 15) is 13.2 Å². The Labute approximate surface area is 193 Å². The first-order chi connectivity index (χ1) is 15.9. The number of hydrogen-bond acceptors (Lipinski definition) is 6. The number of carbonyl (C=O) groups is 1. The topological polar surface area (TPSA) is 94.2 Å². The second-order valence-corrected chi connectivity index (χ2v) is 8.81. The van der Waals surface area contributed by atoms with E-state index in [-0.39, 0.29) is 17.2 Å². The summed E-state index contributed by atoms with van der Waals surface area (Å²) >= 11 is 0. The molecule has 0 aliphatic heterocycles. The van der Waals surface area contributed by atoms with Gasteiger partial charge in [-0.3, -0.25) is 9.10 Å². The SMILES string of the molecule is COc1ccccc1CNC(=O)CN(c1ccccc1)S(=O)(=O)c1ccc(OC)c(OC)c1. The van der Waals surface area contributed by atoms with E-state index in [1.807, 2.05) is 18.2 Å². The fraction of sp³-hybridized carbons (Fsp3) is 0.208. The summed E-state index contributed by atoms with van der Waals surface area (Å²) in [5.41, 5.74) is 1.14. The highest BCUT2D eigenvalue weighted by atomic mass is 32.2. The molecule has 33 heavy (non-hydrogen) atoms. The number of sulfonamides is 1. The number of para-hydroxylation sites is 2. The van der Waals surface area contributed by atoms with Gasteiger partial charge in [-0.1, -0.05) is 36.4 Å². The number of rotatable bonds is 10. The Morgan fingerprint density at radius 2 is 1.45 bits per heavy atom. The van der Waals surface area contributed by atoms with Crippen molar-refractivity contribution >= 4 is 21.6 Å². The largest absolute Gasteiger partial charge is 0.496 e. The van der Waals surface area contributed by atoms with Crippen molar-refractivity contribution < 1.29 is 27.4 Å². The number of amides is 1. The molecule has 0 aromatic heterocycles. The minimum atomic E-state index is -4.09. The van der Waals surface area contributed by atoms with Gasteiger partial charge in [0.05, 0.1) is 31.9 Å². The smallest absolute Gasteiger partial charge is 0.264 e. The van der Waals surface area contributed by atoms with Crippen molar-refractivity contribution in [3.63, 3.8) is 0 Å². The van der Waals surface area contributed by atoms with E-state index in [1.165, 1.54) is 32.4 Å². The van der Waals surface area contributed by atoms with Gasteiger partial charge in [0.15, 0.2) is 11.5 Å². The zero-order chi connectivity index (χ0) is 23.8. The van der Waals surface area contributed by atoms with Crippen LogP contribution >= 0.6 is 0 Å². The monoisotopic (exact) mass is 470 g/mol. The van der Waals surface area contributed by atoms with Gasteiger partial charge in [0.2, 0.25) is 5.91 Å². The van der Waals surface area contributed by atoms with Crippen molar-refractivity contribution in [1.29, 1.82) is 0 Å². The molecule has 3 rings (SSSR count). The molecule has 3 aromatic carbocycles. The maximum atomic E-state index is 13.5. The molecule has 174 valence electrons. The standard InChI is InChI=1S/C24H26N2O6S/c1-30-21-12-8-7-9-18(21)16-25-24(27)17-26(19-10-5-4-6-11-19)33(28,29)20-13-14-22(31-2)23(15-20)32-3/h4-15H,16-17H2,1-3H3,(H,25,27). The predicted octanol–water partition coefficient (Wildman–Crippen LogP) is 3.22. The van der Waals surface area contributed by atoms with Gasteiger partial charge in [-0.25, -0.2) is 8.42 Å². The summed E-state index contributed by atoms with van der Waals surface area (Å²) < 4.78 is 43.9. The molecule has 0 fully saturated rings. The summed E-state index contributed by atoms with van der Waals surface area (Å²) in [6.45, 7) is -0.211. The molecule has 0 spiro atoms. The third-order valence-corrected chi connectivity index (χ3v) is 6.71. The number of carbonyl (C=O) groups excluding carboxylic acids is 1. The average Bonchev–Trinajstić information content (AvgIpc) is 2.86. The van der Waals surface area contributed by atoms with Gasteiger partial charge in [-0.2, -0.15) is 0 Å². The summed E-state index contributed by atoms with van der Waals surface area (Å²) in [5.74, 6) is 0.842. The molecule has 0 saturated heterocycles. The molecule has 0 heterocycles. The zero-order valence-corrected chi connectivity index (χ0v) is 19.5. The third kappa shape index (κ3) is 5.56. The number of nitrogens with one attached hydrogen (secondary N) is 1. The lowest BCUT2D eigenvalue weighted by Crippen LogP contribution is -2.40. The van der Waals surface area contributed by atoms with E-state index in [1.54, 1.807) is 43.5 Å². The van der Waals surface area contributed by atoms with Crippen LogP contribution in [0.3, 0.4) is 0 Å². The van der Waals surface area contributed by atoms with Crippen LogP contribution < -0.4 is 23.8 Å². The van der Waals surface area contributed by atoms with Crippen LogP contribution in [0.1, 0.15) is 5.56 Å². The van der Waals surface area contributed by atoms with Gasteiger partial charge in [0.25, 0.3) is 10.0 Å². The summed E-state index contributed by atoms with van der Waals surface area (Å²) in [7, 11) is 0.351. The summed E-state index contributed by atoms with van der Waals surface area (Å²) in [6.07, 6.45) is 0. The van der Waals surface area contributed by atoms with Crippen LogP contribution in [0.25, 0.3) is 0 Å². The molecule has 3 aromatic rings. The van der Waals surface area contributed by atoms with Gasteiger partial charge < -0.3 is 19.5 Å². The van der Waals surface area contributed by atoms with Crippen molar-refractivity contribution in [3.8, 4) is 17.2 Å². The molecule has 0 atom stereocenters. The minimum Gasteiger partial charge on any atom is -0.496 e. The first-order valence-corrected chi connectivity index (χ1v) is 11.5. The average molecular weight is 471 g/mol. The van der Waals surface area contributed by atoms with E-state index in [2.05, 4.69) is 5.32 Å². The Hall–Kier alpha value is -3.72. The maximum Gasteiger partial charge on any atom is 0.264 e. The molecule has 0 aliphatic carbocycles. The lowest BCUT2D eigenvalue weighted by Gasteiger charge is -2.24. The quantitative estimate of drug-likeness (QED) is 0.489. The van der Waals surface area contributed by atoms with Gasteiger partial charge >= 0.3 is 0 Å². The molecular weight excluding hydrogens is 444 g/mol.